The number of benzene rings is 1. The van der Waals surface area contributed by atoms with E-state index in [2.05, 4.69) is 82.3 Å². The molecule has 1 aromatic rings. The first-order chi connectivity index (χ1) is 11.8. The van der Waals surface area contributed by atoms with Gasteiger partial charge in [-0.2, -0.15) is 0 Å². The highest BCUT2D eigenvalue weighted by atomic mass is 16.5. The van der Waals surface area contributed by atoms with Gasteiger partial charge in [0.15, 0.2) is 0 Å². The van der Waals surface area contributed by atoms with Crippen LogP contribution in [0.15, 0.2) is 18.2 Å². The highest BCUT2D eigenvalue weighted by molar-refractivity contribution is 5.57. The minimum absolute atomic E-state index is 0.190. The van der Waals surface area contributed by atoms with Crippen molar-refractivity contribution < 1.29 is 4.74 Å². The summed E-state index contributed by atoms with van der Waals surface area (Å²) in [6, 6.07) is 7.93. The van der Waals surface area contributed by atoms with Gasteiger partial charge in [-0.15, -0.1) is 0 Å². The molecule has 0 amide bonds. The van der Waals surface area contributed by atoms with Crippen molar-refractivity contribution in [1.29, 1.82) is 0 Å². The average molecular weight is 348 g/mol. The Morgan fingerprint density at radius 2 is 1.80 bits per heavy atom. The lowest BCUT2D eigenvalue weighted by Crippen LogP contribution is -2.49. The van der Waals surface area contributed by atoms with Crippen LogP contribution in [0.3, 0.4) is 0 Å². The molecule has 1 fully saturated rings. The Balaban J connectivity index is 2.38. The van der Waals surface area contributed by atoms with Crippen LogP contribution >= 0.6 is 0 Å². The third kappa shape index (κ3) is 5.89. The molecule has 0 saturated carbocycles. The molecule has 1 aliphatic heterocycles. The van der Waals surface area contributed by atoms with Crippen LogP contribution < -0.4 is 15.4 Å². The normalized spacial score (nSPS) is 22.0. The van der Waals surface area contributed by atoms with Gasteiger partial charge in [-0.25, -0.2) is 0 Å². The van der Waals surface area contributed by atoms with Gasteiger partial charge in [-0.05, 0) is 71.5 Å². The predicted molar refractivity (Wildman–Crippen MR) is 108 cm³/mol. The summed E-state index contributed by atoms with van der Waals surface area (Å²) in [6.07, 6.45) is 1.37. The number of likely N-dealkylation sites (tertiary alicyclic amines) is 1. The van der Waals surface area contributed by atoms with E-state index in [0.29, 0.717) is 24.0 Å². The van der Waals surface area contributed by atoms with Gasteiger partial charge in [0.25, 0.3) is 0 Å². The highest BCUT2D eigenvalue weighted by Gasteiger charge is 2.31. The van der Waals surface area contributed by atoms with Gasteiger partial charge in [0, 0.05) is 36.3 Å². The van der Waals surface area contributed by atoms with E-state index in [1.54, 1.807) is 0 Å². The Morgan fingerprint density at radius 1 is 1.08 bits per heavy atom. The molecule has 2 N–H and O–H groups in total. The summed E-state index contributed by atoms with van der Waals surface area (Å²) in [4.78, 5) is 2.44. The van der Waals surface area contributed by atoms with Gasteiger partial charge in [0.2, 0.25) is 0 Å². The van der Waals surface area contributed by atoms with Crippen molar-refractivity contribution in [1.82, 2.24) is 10.2 Å². The van der Waals surface area contributed by atoms with E-state index in [1.807, 2.05) is 0 Å². The fraction of sp³-hybridized carbons (Fsp3) is 0.714. The highest BCUT2D eigenvalue weighted by Crippen LogP contribution is 2.35. The van der Waals surface area contributed by atoms with Gasteiger partial charge in [-0.1, -0.05) is 13.8 Å². The quantitative estimate of drug-likeness (QED) is 0.779. The third-order valence-corrected chi connectivity index (χ3v) is 4.60. The molecule has 0 bridgehead atoms. The van der Waals surface area contributed by atoms with Crippen LogP contribution in [0.2, 0.25) is 0 Å². The standard InChI is InChI=1S/C21H37N3O/c1-14(2)22-20-9-8-17(25-16(5)6)12-18(20)19-13-24(7)11-10-21(19)23-15(3)4/h8-9,12,14-16,19,21-23H,10-11,13H2,1-7H3. The van der Waals surface area contributed by atoms with Crippen molar-refractivity contribution >= 4 is 5.69 Å². The lowest BCUT2D eigenvalue weighted by atomic mass is 9.84. The van der Waals surface area contributed by atoms with Crippen LogP contribution in [0.5, 0.6) is 5.75 Å². The Kier molecular flexibility index (Phi) is 7.14. The van der Waals surface area contributed by atoms with Crippen LogP contribution in [-0.2, 0) is 0 Å². The van der Waals surface area contributed by atoms with E-state index in [1.165, 1.54) is 17.7 Å². The van der Waals surface area contributed by atoms with Gasteiger partial charge in [0.05, 0.1) is 6.10 Å². The van der Waals surface area contributed by atoms with E-state index in [9.17, 15) is 0 Å². The number of anilines is 1. The van der Waals surface area contributed by atoms with Gasteiger partial charge in [0.1, 0.15) is 5.75 Å². The van der Waals surface area contributed by atoms with Crippen molar-refractivity contribution in [2.24, 2.45) is 0 Å². The zero-order valence-electron chi connectivity index (χ0n) is 17.1. The minimum Gasteiger partial charge on any atom is -0.491 e. The number of rotatable bonds is 7. The number of nitrogens with zero attached hydrogens (tertiary/aromatic N) is 1. The molecule has 0 radical (unpaired) electrons. The average Bonchev–Trinajstić information content (AvgIpc) is 2.49. The molecular formula is C21H37N3O. The zero-order valence-corrected chi connectivity index (χ0v) is 17.1. The van der Waals surface area contributed by atoms with Crippen molar-refractivity contribution in [3.05, 3.63) is 23.8 Å². The van der Waals surface area contributed by atoms with Crippen LogP contribution in [0.4, 0.5) is 5.69 Å². The maximum Gasteiger partial charge on any atom is 0.120 e. The van der Waals surface area contributed by atoms with Crippen molar-refractivity contribution in [3.8, 4) is 5.75 Å². The fourth-order valence-corrected chi connectivity index (χ4v) is 3.69. The predicted octanol–water partition coefficient (Wildman–Crippen LogP) is 4.08. The molecule has 0 aromatic heterocycles. The van der Waals surface area contributed by atoms with Crippen LogP contribution in [0.25, 0.3) is 0 Å². The van der Waals surface area contributed by atoms with Gasteiger partial charge < -0.3 is 20.3 Å². The first-order valence-corrected chi connectivity index (χ1v) is 9.78. The largest absolute Gasteiger partial charge is 0.491 e. The van der Waals surface area contributed by atoms with Crippen LogP contribution in [-0.4, -0.2) is 49.3 Å². The molecule has 142 valence electrons. The SMILES string of the molecule is CC(C)Nc1ccc(OC(C)C)cc1C1CN(C)CCC1NC(C)C. The van der Waals surface area contributed by atoms with Gasteiger partial charge in [-0.3, -0.25) is 0 Å². The van der Waals surface area contributed by atoms with E-state index >= 15 is 0 Å². The molecule has 4 heteroatoms. The molecule has 25 heavy (non-hydrogen) atoms. The lowest BCUT2D eigenvalue weighted by Gasteiger charge is -2.39. The van der Waals surface area contributed by atoms with Crippen molar-refractivity contribution in [2.45, 2.75) is 78.1 Å². The second-order valence-electron chi connectivity index (χ2n) is 8.30. The molecule has 0 aliphatic carbocycles. The Hall–Kier alpha value is -1.26. The summed E-state index contributed by atoms with van der Waals surface area (Å²) in [5, 5.41) is 7.43. The number of hydrogen-bond acceptors (Lipinski definition) is 4. The molecule has 4 nitrogen and oxygen atoms in total. The number of hydrogen-bond donors (Lipinski definition) is 2. The summed E-state index contributed by atoms with van der Waals surface area (Å²) in [7, 11) is 2.22. The maximum atomic E-state index is 5.99. The molecule has 2 rings (SSSR count). The Bertz CT molecular complexity index is 542. The van der Waals surface area contributed by atoms with Crippen molar-refractivity contribution in [2.75, 3.05) is 25.5 Å². The van der Waals surface area contributed by atoms with E-state index in [-0.39, 0.29) is 6.10 Å². The van der Waals surface area contributed by atoms with Crippen LogP contribution in [0.1, 0.15) is 59.4 Å². The first kappa shape index (κ1) is 20.1. The molecule has 1 saturated heterocycles. The monoisotopic (exact) mass is 347 g/mol. The summed E-state index contributed by atoms with van der Waals surface area (Å²) in [6.45, 7) is 15.2. The molecule has 2 atom stereocenters. The van der Waals surface area contributed by atoms with E-state index in [4.69, 9.17) is 4.74 Å². The van der Waals surface area contributed by atoms with E-state index < -0.39 is 0 Å². The summed E-state index contributed by atoms with van der Waals surface area (Å²) in [5.74, 6) is 1.42. The number of likely N-dealkylation sites (N-methyl/N-ethyl adjacent to an activating group) is 1. The maximum absolute atomic E-state index is 5.99. The molecule has 1 heterocycles. The Morgan fingerprint density at radius 3 is 2.40 bits per heavy atom. The van der Waals surface area contributed by atoms with Crippen LogP contribution in [0, 0.1) is 0 Å². The number of piperidine rings is 1. The second-order valence-corrected chi connectivity index (χ2v) is 8.30. The first-order valence-electron chi connectivity index (χ1n) is 9.78. The third-order valence-electron chi connectivity index (χ3n) is 4.60. The lowest BCUT2D eigenvalue weighted by molar-refractivity contribution is 0.199. The van der Waals surface area contributed by atoms with Crippen molar-refractivity contribution in [3.63, 3.8) is 0 Å². The summed E-state index contributed by atoms with van der Waals surface area (Å²) >= 11 is 0. The summed E-state index contributed by atoms with van der Waals surface area (Å²) < 4.78 is 5.99. The van der Waals surface area contributed by atoms with Gasteiger partial charge >= 0.3 is 0 Å². The zero-order chi connectivity index (χ0) is 18.6. The molecule has 0 spiro atoms. The number of ether oxygens (including phenoxy) is 1. The minimum atomic E-state index is 0.190. The summed E-state index contributed by atoms with van der Waals surface area (Å²) in [5.41, 5.74) is 2.61. The molecular weight excluding hydrogens is 310 g/mol. The second kappa shape index (κ2) is 8.91. The number of nitrogens with one attached hydrogen (secondary N) is 2. The fourth-order valence-electron chi connectivity index (χ4n) is 3.69. The smallest absolute Gasteiger partial charge is 0.120 e. The molecule has 1 aliphatic rings. The molecule has 2 unspecified atom stereocenters. The topological polar surface area (TPSA) is 36.5 Å². The molecule has 1 aromatic carbocycles. The van der Waals surface area contributed by atoms with E-state index in [0.717, 1.165) is 18.8 Å². The Labute approximate surface area is 154 Å².